The first kappa shape index (κ1) is 31.7. The lowest BCUT2D eigenvalue weighted by Gasteiger charge is -2.16. The standard InChI is InChI=1S/C31H41N3O4S/c1-24(11-10-12-25(2)21-32-27-15-8-5-9-16-27)19-20-39-23-28(31(37)38-3)34-30(36)18-17-29(35)33-22-26-13-6-4-7-14-26/h4-9,12-16,19,28,32H,10-11,17-18,20-23H2,1-3H3,(H,33,35)(H,34,36). The van der Waals surface area contributed by atoms with E-state index in [1.165, 1.54) is 18.3 Å². The van der Waals surface area contributed by atoms with Crippen LogP contribution >= 0.6 is 11.8 Å². The Morgan fingerprint density at radius 2 is 1.54 bits per heavy atom. The molecule has 2 aromatic rings. The number of hydrogen-bond acceptors (Lipinski definition) is 6. The molecule has 210 valence electrons. The van der Waals surface area contributed by atoms with E-state index in [1.54, 1.807) is 11.8 Å². The smallest absolute Gasteiger partial charge is 0.329 e. The van der Waals surface area contributed by atoms with Crippen LogP contribution in [-0.2, 0) is 25.7 Å². The Morgan fingerprint density at radius 3 is 2.23 bits per heavy atom. The summed E-state index contributed by atoms with van der Waals surface area (Å²) in [6.07, 6.45) is 6.40. The first-order chi connectivity index (χ1) is 18.9. The zero-order valence-corrected chi connectivity index (χ0v) is 24.0. The molecular formula is C31H41N3O4S. The van der Waals surface area contributed by atoms with Crippen LogP contribution in [0.5, 0.6) is 0 Å². The van der Waals surface area contributed by atoms with Crippen molar-refractivity contribution in [3.63, 3.8) is 0 Å². The molecular weight excluding hydrogens is 510 g/mol. The van der Waals surface area contributed by atoms with E-state index < -0.39 is 12.0 Å². The Hall–Kier alpha value is -3.52. The topological polar surface area (TPSA) is 96.5 Å². The molecule has 39 heavy (non-hydrogen) atoms. The SMILES string of the molecule is COC(=O)C(CSCC=C(C)CCC=C(C)CNc1ccccc1)NC(=O)CCC(=O)NCc1ccccc1. The van der Waals surface area contributed by atoms with Crippen molar-refractivity contribution in [3.8, 4) is 0 Å². The van der Waals surface area contributed by atoms with Gasteiger partial charge in [0, 0.05) is 43.1 Å². The van der Waals surface area contributed by atoms with Crippen LogP contribution in [0.4, 0.5) is 5.69 Å². The lowest BCUT2D eigenvalue weighted by molar-refractivity contribution is -0.144. The van der Waals surface area contributed by atoms with Gasteiger partial charge in [-0.15, -0.1) is 0 Å². The molecule has 0 heterocycles. The average molecular weight is 552 g/mol. The summed E-state index contributed by atoms with van der Waals surface area (Å²) in [5.41, 5.74) is 4.68. The zero-order valence-electron chi connectivity index (χ0n) is 23.2. The van der Waals surface area contributed by atoms with E-state index in [9.17, 15) is 14.4 Å². The second-order valence-corrected chi connectivity index (χ2v) is 10.4. The molecule has 0 aromatic heterocycles. The number of nitrogens with one attached hydrogen (secondary N) is 3. The molecule has 1 unspecified atom stereocenters. The van der Waals surface area contributed by atoms with Crippen LogP contribution in [0.1, 0.15) is 45.1 Å². The Balaban J connectivity index is 1.65. The van der Waals surface area contributed by atoms with Gasteiger partial charge < -0.3 is 20.7 Å². The highest BCUT2D eigenvalue weighted by Gasteiger charge is 2.21. The molecule has 2 rings (SSSR count). The number of esters is 1. The van der Waals surface area contributed by atoms with E-state index in [4.69, 9.17) is 4.74 Å². The molecule has 0 spiro atoms. The highest BCUT2D eigenvalue weighted by Crippen LogP contribution is 2.12. The van der Waals surface area contributed by atoms with E-state index in [0.717, 1.165) is 36.4 Å². The van der Waals surface area contributed by atoms with E-state index in [-0.39, 0.29) is 24.7 Å². The highest BCUT2D eigenvalue weighted by molar-refractivity contribution is 7.99. The van der Waals surface area contributed by atoms with Crippen molar-refractivity contribution < 1.29 is 19.1 Å². The van der Waals surface area contributed by atoms with Crippen molar-refractivity contribution >= 4 is 35.2 Å². The molecule has 8 heteroatoms. The fourth-order valence-corrected chi connectivity index (χ4v) is 4.59. The summed E-state index contributed by atoms with van der Waals surface area (Å²) in [7, 11) is 1.30. The second kappa shape index (κ2) is 18.7. The van der Waals surface area contributed by atoms with Crippen molar-refractivity contribution in [1.29, 1.82) is 0 Å². The molecule has 7 nitrogen and oxygen atoms in total. The predicted octanol–water partition coefficient (Wildman–Crippen LogP) is 5.26. The van der Waals surface area contributed by atoms with Gasteiger partial charge in [-0.05, 0) is 44.4 Å². The van der Waals surface area contributed by atoms with Gasteiger partial charge in [0.2, 0.25) is 11.8 Å². The van der Waals surface area contributed by atoms with Crippen LogP contribution in [-0.4, -0.2) is 49.0 Å². The Bertz CT molecular complexity index is 1090. The number of benzene rings is 2. The van der Waals surface area contributed by atoms with Gasteiger partial charge in [-0.2, -0.15) is 11.8 Å². The summed E-state index contributed by atoms with van der Waals surface area (Å²) in [4.78, 5) is 36.6. The van der Waals surface area contributed by atoms with Crippen molar-refractivity contribution in [2.24, 2.45) is 0 Å². The fraction of sp³-hybridized carbons (Fsp3) is 0.387. The Kier molecular flexibility index (Phi) is 15.2. The Labute approximate surface area is 236 Å². The maximum Gasteiger partial charge on any atom is 0.329 e. The molecule has 0 aliphatic carbocycles. The fourth-order valence-electron chi connectivity index (χ4n) is 3.59. The van der Waals surface area contributed by atoms with Crippen LogP contribution in [0.25, 0.3) is 0 Å². The maximum absolute atomic E-state index is 12.4. The van der Waals surface area contributed by atoms with Crippen molar-refractivity contribution in [1.82, 2.24) is 10.6 Å². The number of carbonyl (C=O) groups excluding carboxylic acids is 3. The molecule has 0 saturated heterocycles. The van der Waals surface area contributed by atoms with E-state index in [1.807, 2.05) is 48.5 Å². The van der Waals surface area contributed by atoms with Crippen molar-refractivity contribution in [2.45, 2.75) is 52.1 Å². The summed E-state index contributed by atoms with van der Waals surface area (Å²) in [5, 5.41) is 8.92. The summed E-state index contributed by atoms with van der Waals surface area (Å²) in [6, 6.07) is 19.0. The minimum absolute atomic E-state index is 0.00555. The molecule has 2 amide bonds. The monoisotopic (exact) mass is 551 g/mol. The maximum atomic E-state index is 12.4. The quantitative estimate of drug-likeness (QED) is 0.141. The number of hydrogen-bond donors (Lipinski definition) is 3. The molecule has 1 atom stereocenters. The molecule has 0 fully saturated rings. The average Bonchev–Trinajstić information content (AvgIpc) is 2.96. The third-order valence-electron chi connectivity index (χ3n) is 5.94. The lowest BCUT2D eigenvalue weighted by Crippen LogP contribution is -2.43. The summed E-state index contributed by atoms with van der Waals surface area (Å²) in [5.74, 6) is 0.0736. The molecule has 2 aromatic carbocycles. The van der Waals surface area contributed by atoms with Gasteiger partial charge in [0.05, 0.1) is 7.11 Å². The van der Waals surface area contributed by atoms with E-state index >= 15 is 0 Å². The van der Waals surface area contributed by atoms with E-state index in [0.29, 0.717) is 12.3 Å². The predicted molar refractivity (Wildman–Crippen MR) is 160 cm³/mol. The van der Waals surface area contributed by atoms with Crippen LogP contribution in [0, 0.1) is 0 Å². The minimum atomic E-state index is -0.753. The first-order valence-corrected chi connectivity index (χ1v) is 14.4. The molecule has 3 N–H and O–H groups in total. The number of para-hydroxylation sites is 1. The largest absolute Gasteiger partial charge is 0.467 e. The number of thioether (sulfide) groups is 1. The van der Waals surface area contributed by atoms with Crippen molar-refractivity contribution in [2.75, 3.05) is 30.5 Å². The molecule has 0 saturated carbocycles. The zero-order chi connectivity index (χ0) is 28.3. The molecule has 0 bridgehead atoms. The van der Waals surface area contributed by atoms with Gasteiger partial charge in [0.25, 0.3) is 0 Å². The van der Waals surface area contributed by atoms with Gasteiger partial charge in [-0.25, -0.2) is 4.79 Å². The van der Waals surface area contributed by atoms with Crippen LogP contribution in [0.2, 0.25) is 0 Å². The number of anilines is 1. The van der Waals surface area contributed by atoms with Gasteiger partial charge in [-0.1, -0.05) is 71.8 Å². The van der Waals surface area contributed by atoms with Crippen LogP contribution in [0.15, 0.2) is 84.0 Å². The number of amides is 2. The van der Waals surface area contributed by atoms with Crippen LogP contribution < -0.4 is 16.0 Å². The Morgan fingerprint density at radius 1 is 0.872 bits per heavy atom. The summed E-state index contributed by atoms with van der Waals surface area (Å²) < 4.78 is 4.85. The van der Waals surface area contributed by atoms with E-state index in [2.05, 4.69) is 54.1 Å². The third kappa shape index (κ3) is 14.3. The first-order valence-electron chi connectivity index (χ1n) is 13.2. The number of allylic oxidation sites excluding steroid dienone is 2. The highest BCUT2D eigenvalue weighted by atomic mass is 32.2. The van der Waals surface area contributed by atoms with Gasteiger partial charge in [0.15, 0.2) is 0 Å². The molecule has 0 aliphatic rings. The van der Waals surface area contributed by atoms with Gasteiger partial charge >= 0.3 is 5.97 Å². The minimum Gasteiger partial charge on any atom is -0.467 e. The lowest BCUT2D eigenvalue weighted by atomic mass is 10.1. The summed E-state index contributed by atoms with van der Waals surface area (Å²) >= 11 is 1.55. The second-order valence-electron chi connectivity index (χ2n) is 9.30. The molecule has 0 radical (unpaired) electrons. The number of methoxy groups -OCH3 is 1. The van der Waals surface area contributed by atoms with Gasteiger partial charge in [-0.3, -0.25) is 9.59 Å². The normalized spacial score (nSPS) is 12.4. The summed E-state index contributed by atoms with van der Waals surface area (Å²) in [6.45, 7) is 5.47. The number of ether oxygens (including phenoxy) is 1. The van der Waals surface area contributed by atoms with Gasteiger partial charge in [0.1, 0.15) is 6.04 Å². The number of carbonyl (C=O) groups is 3. The van der Waals surface area contributed by atoms with Crippen LogP contribution in [0.3, 0.4) is 0 Å². The third-order valence-corrected chi connectivity index (χ3v) is 6.91. The number of rotatable bonds is 17. The molecule has 0 aliphatic heterocycles. The van der Waals surface area contributed by atoms with Crippen molar-refractivity contribution in [3.05, 3.63) is 89.5 Å².